The minimum atomic E-state index is -1.06. The smallest absolute Gasteiger partial charge is 0.338 e. The van der Waals surface area contributed by atoms with Gasteiger partial charge in [0, 0.05) is 35.8 Å². The molecule has 1 fully saturated rings. The van der Waals surface area contributed by atoms with Crippen molar-refractivity contribution in [1.29, 1.82) is 0 Å². The first-order chi connectivity index (χ1) is 17.7. The van der Waals surface area contributed by atoms with Crippen molar-refractivity contribution in [3.05, 3.63) is 105 Å². The molecule has 1 N–H and O–H groups in total. The van der Waals surface area contributed by atoms with Gasteiger partial charge in [-0.3, -0.25) is 29.6 Å². The van der Waals surface area contributed by atoms with E-state index >= 15 is 0 Å². The molecule has 0 bridgehead atoms. The number of non-ortho nitro benzene ring substituents is 1. The van der Waals surface area contributed by atoms with Gasteiger partial charge >= 0.3 is 5.97 Å². The Kier molecular flexibility index (Phi) is 7.10. The summed E-state index contributed by atoms with van der Waals surface area (Å²) >= 11 is 0. The number of pyridine rings is 1. The number of nitro groups is 1. The Balaban J connectivity index is 1.79. The van der Waals surface area contributed by atoms with Crippen molar-refractivity contribution in [3.8, 4) is 0 Å². The first-order valence-electron chi connectivity index (χ1n) is 11.4. The number of Topliss-reactive ketones (excluding diaryl/α,β-unsaturated/α-hetero) is 1. The number of nitrogens with zero attached hydrogens (tertiary/aromatic N) is 3. The number of aliphatic hydroxyl groups is 1. The number of hydrogen-bond donors (Lipinski definition) is 1. The fourth-order valence-electron chi connectivity index (χ4n) is 3.96. The third-order valence-corrected chi connectivity index (χ3v) is 5.70. The van der Waals surface area contributed by atoms with Crippen LogP contribution in [0.25, 0.3) is 5.76 Å². The number of aliphatic hydroxyl groups excluding tert-OH is 1. The van der Waals surface area contributed by atoms with Gasteiger partial charge in [-0.1, -0.05) is 32.0 Å². The molecule has 1 aromatic heterocycles. The molecule has 1 saturated heterocycles. The van der Waals surface area contributed by atoms with Gasteiger partial charge in [-0.2, -0.15) is 0 Å². The second-order valence-corrected chi connectivity index (χ2v) is 8.80. The second kappa shape index (κ2) is 10.4. The standard InChI is InChI=1S/C27H23N3O7/c1-16(2)15-37-27(34)17-8-10-20(11-9-17)29-23(19-6-4-12-28-14-19)22(25(32)26(29)33)24(31)18-5-3-7-21(13-18)30(35)36/h3-14,16,23,31H,15H2,1-2H3/b24-22-. The van der Waals surface area contributed by atoms with Gasteiger partial charge in [0.05, 0.1) is 28.7 Å². The largest absolute Gasteiger partial charge is 0.507 e. The van der Waals surface area contributed by atoms with Gasteiger partial charge in [-0.25, -0.2) is 4.79 Å². The maximum absolute atomic E-state index is 13.2. The Hall–Kier alpha value is -4.86. The van der Waals surface area contributed by atoms with Crippen molar-refractivity contribution in [2.75, 3.05) is 11.5 Å². The number of amides is 1. The summed E-state index contributed by atoms with van der Waals surface area (Å²) in [4.78, 5) is 54.6. The molecule has 2 heterocycles. The first-order valence-corrected chi connectivity index (χ1v) is 11.4. The quantitative estimate of drug-likeness (QED) is 0.125. The Bertz CT molecular complexity index is 1400. The van der Waals surface area contributed by atoms with Gasteiger partial charge < -0.3 is 9.84 Å². The van der Waals surface area contributed by atoms with Crippen LogP contribution in [0.1, 0.15) is 41.4 Å². The number of carbonyl (C=O) groups is 3. The summed E-state index contributed by atoms with van der Waals surface area (Å²) < 4.78 is 5.24. The number of rotatable bonds is 7. The number of aromatic nitrogens is 1. The summed E-state index contributed by atoms with van der Waals surface area (Å²) in [6, 6.07) is 13.4. The van der Waals surface area contributed by atoms with Gasteiger partial charge in [-0.15, -0.1) is 0 Å². The molecule has 0 radical (unpaired) electrons. The molecule has 1 amide bonds. The predicted molar refractivity (Wildman–Crippen MR) is 134 cm³/mol. The lowest BCUT2D eigenvalue weighted by molar-refractivity contribution is -0.384. The van der Waals surface area contributed by atoms with Crippen LogP contribution in [0.4, 0.5) is 11.4 Å². The molecule has 10 nitrogen and oxygen atoms in total. The average Bonchev–Trinajstić information content (AvgIpc) is 3.17. The van der Waals surface area contributed by atoms with Crippen LogP contribution in [0.3, 0.4) is 0 Å². The van der Waals surface area contributed by atoms with Gasteiger partial charge in [0.25, 0.3) is 17.4 Å². The lowest BCUT2D eigenvalue weighted by Gasteiger charge is -2.25. The van der Waals surface area contributed by atoms with Gasteiger partial charge in [0.15, 0.2) is 0 Å². The fourth-order valence-corrected chi connectivity index (χ4v) is 3.96. The van der Waals surface area contributed by atoms with Crippen LogP contribution in [0, 0.1) is 16.0 Å². The van der Waals surface area contributed by atoms with E-state index < -0.39 is 34.4 Å². The summed E-state index contributed by atoms with van der Waals surface area (Å²) in [6.45, 7) is 4.09. The molecule has 1 unspecified atom stereocenters. The van der Waals surface area contributed by atoms with Crippen molar-refractivity contribution < 1.29 is 29.2 Å². The minimum Gasteiger partial charge on any atom is -0.507 e. The topological polar surface area (TPSA) is 140 Å². The number of ether oxygens (including phenoxy) is 1. The lowest BCUT2D eigenvalue weighted by Crippen LogP contribution is -2.29. The summed E-state index contributed by atoms with van der Waals surface area (Å²) in [5, 5.41) is 22.3. The highest BCUT2D eigenvalue weighted by molar-refractivity contribution is 6.51. The van der Waals surface area contributed by atoms with Crippen LogP contribution >= 0.6 is 0 Å². The van der Waals surface area contributed by atoms with Crippen LogP contribution < -0.4 is 4.90 Å². The molecule has 0 spiro atoms. The lowest BCUT2D eigenvalue weighted by atomic mass is 9.96. The molecule has 188 valence electrons. The molecule has 1 aliphatic rings. The SMILES string of the molecule is CC(C)COC(=O)c1ccc(N2C(=O)C(=O)/C(=C(\O)c3cccc([N+](=O)[O-])c3)C2c2cccnc2)cc1. The third-order valence-electron chi connectivity index (χ3n) is 5.70. The van der Waals surface area contributed by atoms with Crippen molar-refractivity contribution in [1.82, 2.24) is 4.98 Å². The second-order valence-electron chi connectivity index (χ2n) is 8.80. The van der Waals surface area contributed by atoms with E-state index in [4.69, 9.17) is 4.74 Å². The molecule has 2 aromatic carbocycles. The molecule has 0 aliphatic carbocycles. The zero-order valence-electron chi connectivity index (χ0n) is 20.0. The van der Waals surface area contributed by atoms with Crippen molar-refractivity contribution >= 4 is 34.8 Å². The molecule has 3 aromatic rings. The van der Waals surface area contributed by atoms with Crippen molar-refractivity contribution in [3.63, 3.8) is 0 Å². The fraction of sp³-hybridized carbons (Fsp3) is 0.185. The molecule has 1 aliphatic heterocycles. The van der Waals surface area contributed by atoms with Crippen LogP contribution in [-0.2, 0) is 14.3 Å². The molecular formula is C27H23N3O7. The number of benzene rings is 2. The molecule has 1 atom stereocenters. The number of nitro benzene ring substituents is 1. The number of ketones is 1. The normalized spacial score (nSPS) is 16.7. The summed E-state index contributed by atoms with van der Waals surface area (Å²) in [5.74, 6) is -2.76. The summed E-state index contributed by atoms with van der Waals surface area (Å²) in [7, 11) is 0. The van der Waals surface area contributed by atoms with E-state index in [-0.39, 0.29) is 34.9 Å². The molecule has 0 saturated carbocycles. The third kappa shape index (κ3) is 5.08. The number of esters is 1. The van der Waals surface area contributed by atoms with Crippen LogP contribution in [0.15, 0.2) is 78.6 Å². The van der Waals surface area contributed by atoms with Crippen LogP contribution in [0.2, 0.25) is 0 Å². The number of anilines is 1. The van der Waals surface area contributed by atoms with Gasteiger partial charge in [0.1, 0.15) is 5.76 Å². The van der Waals surface area contributed by atoms with Crippen molar-refractivity contribution in [2.45, 2.75) is 19.9 Å². The van der Waals surface area contributed by atoms with Crippen LogP contribution in [0.5, 0.6) is 0 Å². The highest BCUT2D eigenvalue weighted by Gasteiger charge is 2.47. The van der Waals surface area contributed by atoms with E-state index in [1.165, 1.54) is 59.8 Å². The predicted octanol–water partition coefficient (Wildman–Crippen LogP) is 4.43. The summed E-state index contributed by atoms with van der Waals surface area (Å²) in [6.07, 6.45) is 2.98. The zero-order valence-corrected chi connectivity index (χ0v) is 20.0. The minimum absolute atomic E-state index is 0.0179. The Morgan fingerprint density at radius 1 is 1.11 bits per heavy atom. The molecule has 37 heavy (non-hydrogen) atoms. The summed E-state index contributed by atoms with van der Waals surface area (Å²) in [5.41, 5.74) is 0.512. The van der Waals surface area contributed by atoms with E-state index in [1.54, 1.807) is 12.1 Å². The molecule has 4 rings (SSSR count). The Morgan fingerprint density at radius 2 is 1.84 bits per heavy atom. The Labute approximate surface area is 212 Å². The van der Waals surface area contributed by atoms with Gasteiger partial charge in [0.2, 0.25) is 0 Å². The van der Waals surface area contributed by atoms with E-state index in [0.29, 0.717) is 11.3 Å². The van der Waals surface area contributed by atoms with Crippen LogP contribution in [-0.4, -0.2) is 39.3 Å². The maximum Gasteiger partial charge on any atom is 0.338 e. The van der Waals surface area contributed by atoms with E-state index in [9.17, 15) is 29.6 Å². The maximum atomic E-state index is 13.2. The van der Waals surface area contributed by atoms with Gasteiger partial charge in [-0.05, 0) is 41.8 Å². The zero-order chi connectivity index (χ0) is 26.7. The monoisotopic (exact) mass is 501 g/mol. The average molecular weight is 501 g/mol. The van der Waals surface area contributed by atoms with E-state index in [1.807, 2.05) is 13.8 Å². The van der Waals surface area contributed by atoms with Crippen molar-refractivity contribution in [2.24, 2.45) is 5.92 Å². The van der Waals surface area contributed by atoms with E-state index in [2.05, 4.69) is 4.98 Å². The Morgan fingerprint density at radius 3 is 2.46 bits per heavy atom. The van der Waals surface area contributed by atoms with E-state index in [0.717, 1.165) is 6.07 Å². The first kappa shape index (κ1) is 25.2. The highest BCUT2D eigenvalue weighted by Crippen LogP contribution is 2.42. The number of hydrogen-bond acceptors (Lipinski definition) is 8. The molecular weight excluding hydrogens is 478 g/mol. The highest BCUT2D eigenvalue weighted by atomic mass is 16.6. The number of carbonyl (C=O) groups excluding carboxylic acids is 3. The molecule has 10 heteroatoms.